The lowest BCUT2D eigenvalue weighted by molar-refractivity contribution is -0.274. The predicted molar refractivity (Wildman–Crippen MR) is 128 cm³/mol. The number of nitrogens with zero attached hydrogens (tertiary/aromatic N) is 1. The van der Waals surface area contributed by atoms with Crippen LogP contribution in [0.1, 0.15) is 35.7 Å². The van der Waals surface area contributed by atoms with E-state index in [1.807, 2.05) is 0 Å². The molecule has 4 aromatic rings. The second-order valence-electron chi connectivity index (χ2n) is 7.94. The summed E-state index contributed by atoms with van der Waals surface area (Å²) in [6, 6.07) is 17.5. The van der Waals surface area contributed by atoms with Gasteiger partial charge in [0, 0.05) is 10.9 Å². The molecule has 3 aromatic carbocycles. The van der Waals surface area contributed by atoms with Crippen LogP contribution in [0.3, 0.4) is 0 Å². The molecule has 188 valence electrons. The number of anilines is 1. The first-order valence-corrected chi connectivity index (χ1v) is 11.3. The Morgan fingerprint density at radius 1 is 0.972 bits per heavy atom. The lowest BCUT2D eigenvalue weighted by atomic mass is 10.2. The fourth-order valence-corrected chi connectivity index (χ4v) is 3.39. The fraction of sp³-hybridized carbons (Fsp3) is 0.231. The molecular weight excluding hydrogens is 475 g/mol. The molecule has 1 aromatic heterocycles. The van der Waals surface area contributed by atoms with Crippen molar-refractivity contribution < 1.29 is 32.2 Å². The number of aromatic amines is 1. The Balaban J connectivity index is 1.41. The molecule has 0 aliphatic heterocycles. The number of hydrogen-bond donors (Lipinski definition) is 2. The molecule has 0 saturated heterocycles. The van der Waals surface area contributed by atoms with Gasteiger partial charge in [0.2, 0.25) is 0 Å². The third-order valence-corrected chi connectivity index (χ3v) is 5.19. The number of amides is 1. The normalized spacial score (nSPS) is 11.3. The minimum absolute atomic E-state index is 0.0206. The maximum atomic E-state index is 12.7. The third kappa shape index (κ3) is 6.68. The second-order valence-corrected chi connectivity index (χ2v) is 7.94. The van der Waals surface area contributed by atoms with Gasteiger partial charge >= 0.3 is 6.36 Å². The van der Waals surface area contributed by atoms with Crippen LogP contribution in [0, 0.1) is 0 Å². The van der Waals surface area contributed by atoms with Gasteiger partial charge in [0.15, 0.2) is 5.82 Å². The van der Waals surface area contributed by atoms with Crippen molar-refractivity contribution in [3.05, 3.63) is 77.9 Å². The molecule has 2 N–H and O–H groups in total. The molecule has 1 heterocycles. The molecule has 36 heavy (non-hydrogen) atoms. The number of halogens is 3. The van der Waals surface area contributed by atoms with Gasteiger partial charge in [0.1, 0.15) is 23.9 Å². The highest BCUT2D eigenvalue weighted by atomic mass is 19.4. The summed E-state index contributed by atoms with van der Waals surface area (Å²) in [5.41, 5.74) is 1.62. The van der Waals surface area contributed by atoms with Crippen molar-refractivity contribution >= 4 is 22.6 Å². The highest BCUT2D eigenvalue weighted by Gasteiger charge is 2.31. The maximum absolute atomic E-state index is 12.7. The van der Waals surface area contributed by atoms with Gasteiger partial charge in [-0.15, -0.1) is 13.2 Å². The highest BCUT2D eigenvalue weighted by molar-refractivity contribution is 6.08. The summed E-state index contributed by atoms with van der Waals surface area (Å²) in [4.78, 5) is 12.7. The molecule has 0 atom stereocenters. The average Bonchev–Trinajstić information content (AvgIpc) is 3.24. The number of ether oxygens (including phenoxy) is 3. The number of alkyl halides is 3. The number of unbranched alkanes of at least 4 members (excludes halogenated alkanes) is 1. The monoisotopic (exact) mass is 499 g/mol. The Morgan fingerprint density at radius 2 is 1.75 bits per heavy atom. The first kappa shape index (κ1) is 24.9. The van der Waals surface area contributed by atoms with Crippen molar-refractivity contribution in [3.8, 4) is 17.2 Å². The van der Waals surface area contributed by atoms with E-state index in [1.54, 1.807) is 48.5 Å². The van der Waals surface area contributed by atoms with E-state index < -0.39 is 6.36 Å². The van der Waals surface area contributed by atoms with Crippen LogP contribution in [0.5, 0.6) is 17.2 Å². The van der Waals surface area contributed by atoms with E-state index in [-0.39, 0.29) is 18.3 Å². The number of hydrogen-bond acceptors (Lipinski definition) is 5. The van der Waals surface area contributed by atoms with Gasteiger partial charge in [0.25, 0.3) is 5.91 Å². The molecule has 4 rings (SSSR count). The topological polar surface area (TPSA) is 85.5 Å². The predicted octanol–water partition coefficient (Wildman–Crippen LogP) is 6.47. The van der Waals surface area contributed by atoms with Crippen molar-refractivity contribution in [1.82, 2.24) is 10.2 Å². The quantitative estimate of drug-likeness (QED) is 0.244. The van der Waals surface area contributed by atoms with Crippen LogP contribution in [0.25, 0.3) is 10.9 Å². The van der Waals surface area contributed by atoms with Crippen LogP contribution in [0.4, 0.5) is 19.0 Å². The molecule has 0 aliphatic rings. The summed E-state index contributed by atoms with van der Waals surface area (Å²) in [7, 11) is 0. The average molecular weight is 499 g/mol. The largest absolute Gasteiger partial charge is 0.573 e. The first-order valence-electron chi connectivity index (χ1n) is 11.3. The summed E-state index contributed by atoms with van der Waals surface area (Å²) in [6.07, 6.45) is -2.77. The zero-order chi connectivity index (χ0) is 25.5. The number of aromatic nitrogens is 2. The van der Waals surface area contributed by atoms with Gasteiger partial charge in [-0.05, 0) is 66.6 Å². The molecule has 7 nitrogen and oxygen atoms in total. The molecule has 0 aliphatic carbocycles. The highest BCUT2D eigenvalue weighted by Crippen LogP contribution is 2.28. The zero-order valence-corrected chi connectivity index (χ0v) is 19.4. The SMILES string of the molecule is CCCCOc1ccc(C(=O)Nc2n[nH]c3ccc(OCc4cccc(OC(F)(F)F)c4)cc23)cc1. The van der Waals surface area contributed by atoms with Crippen LogP contribution in [-0.2, 0) is 6.61 Å². The number of carbonyl (C=O) groups is 1. The van der Waals surface area contributed by atoms with E-state index in [0.29, 0.717) is 46.0 Å². The van der Waals surface area contributed by atoms with E-state index >= 15 is 0 Å². The van der Waals surface area contributed by atoms with E-state index in [2.05, 4.69) is 27.2 Å². The standard InChI is InChI=1S/C26H24F3N3O4/c1-2-3-13-34-19-9-7-18(8-10-19)25(33)30-24-22-15-20(11-12-23(22)31-32-24)35-16-17-5-4-6-21(14-17)36-26(27,28)29/h4-12,14-15H,2-3,13,16H2,1H3,(H2,30,31,32,33). The lowest BCUT2D eigenvalue weighted by Crippen LogP contribution is -2.17. The van der Waals surface area contributed by atoms with Crippen LogP contribution >= 0.6 is 0 Å². The van der Waals surface area contributed by atoms with Gasteiger partial charge in [-0.2, -0.15) is 5.10 Å². The van der Waals surface area contributed by atoms with E-state index in [1.165, 1.54) is 18.2 Å². The molecule has 0 fully saturated rings. The van der Waals surface area contributed by atoms with E-state index in [4.69, 9.17) is 9.47 Å². The molecular formula is C26H24F3N3O4. The summed E-state index contributed by atoms with van der Waals surface area (Å²) in [5, 5.41) is 10.4. The van der Waals surface area contributed by atoms with Crippen LogP contribution < -0.4 is 19.5 Å². The smallest absolute Gasteiger partial charge is 0.494 e. The molecule has 0 unspecified atom stereocenters. The fourth-order valence-electron chi connectivity index (χ4n) is 3.39. The van der Waals surface area contributed by atoms with Gasteiger partial charge in [-0.3, -0.25) is 9.89 Å². The Morgan fingerprint density at radius 3 is 2.50 bits per heavy atom. The minimum Gasteiger partial charge on any atom is -0.494 e. The van der Waals surface area contributed by atoms with Crippen molar-refractivity contribution in [2.45, 2.75) is 32.7 Å². The molecule has 0 saturated carbocycles. The summed E-state index contributed by atoms with van der Waals surface area (Å²) < 4.78 is 52.7. The van der Waals surface area contributed by atoms with Gasteiger partial charge in [-0.1, -0.05) is 25.5 Å². The Kier molecular flexibility index (Phi) is 7.62. The molecule has 10 heteroatoms. The van der Waals surface area contributed by atoms with E-state index in [9.17, 15) is 18.0 Å². The maximum Gasteiger partial charge on any atom is 0.573 e. The van der Waals surface area contributed by atoms with Crippen LogP contribution in [-0.4, -0.2) is 29.1 Å². The third-order valence-electron chi connectivity index (χ3n) is 5.19. The molecule has 1 amide bonds. The number of nitrogens with one attached hydrogen (secondary N) is 2. The van der Waals surface area contributed by atoms with Crippen molar-refractivity contribution in [3.63, 3.8) is 0 Å². The van der Waals surface area contributed by atoms with Gasteiger partial charge in [-0.25, -0.2) is 0 Å². The number of fused-ring (bicyclic) bond motifs is 1. The minimum atomic E-state index is -4.77. The van der Waals surface area contributed by atoms with Gasteiger partial charge in [0.05, 0.1) is 12.1 Å². The summed E-state index contributed by atoms with van der Waals surface area (Å²) >= 11 is 0. The van der Waals surface area contributed by atoms with Crippen LogP contribution in [0.15, 0.2) is 66.7 Å². The molecule has 0 spiro atoms. The summed E-state index contributed by atoms with van der Waals surface area (Å²) in [6.45, 7) is 2.73. The molecule has 0 bridgehead atoms. The Bertz CT molecular complexity index is 1320. The van der Waals surface area contributed by atoms with Crippen molar-refractivity contribution in [2.24, 2.45) is 0 Å². The second kappa shape index (κ2) is 11.0. The number of H-pyrrole nitrogens is 1. The molecule has 0 radical (unpaired) electrons. The first-order chi connectivity index (χ1) is 17.3. The summed E-state index contributed by atoms with van der Waals surface area (Å²) in [5.74, 6) is 0.817. The Hall–Kier alpha value is -4.21. The zero-order valence-electron chi connectivity index (χ0n) is 19.4. The Labute approximate surface area is 205 Å². The van der Waals surface area contributed by atoms with Crippen LogP contribution in [0.2, 0.25) is 0 Å². The van der Waals surface area contributed by atoms with E-state index in [0.717, 1.165) is 12.8 Å². The van der Waals surface area contributed by atoms with Gasteiger partial charge < -0.3 is 19.5 Å². The number of benzene rings is 3. The number of rotatable bonds is 10. The van der Waals surface area contributed by atoms with Crippen molar-refractivity contribution in [2.75, 3.05) is 11.9 Å². The lowest BCUT2D eigenvalue weighted by Gasteiger charge is -2.11. The van der Waals surface area contributed by atoms with Crippen molar-refractivity contribution in [1.29, 1.82) is 0 Å². The number of carbonyl (C=O) groups excluding carboxylic acids is 1.